The standard InChI is InChI=1S/C16H21N5O/c1-19(16(22)12-20-10-8-17-13-20)14-5-4-9-21(11-14)15-6-2-3-7-18-15/h2-3,6-8,10,13-14H,4-5,9,11-12H2,1H3/t14-/m1/s1. The molecule has 6 heteroatoms. The van der Waals surface area contributed by atoms with Crippen LogP contribution < -0.4 is 4.90 Å². The van der Waals surface area contributed by atoms with Crippen molar-refractivity contribution in [2.75, 3.05) is 25.0 Å². The second kappa shape index (κ2) is 6.60. The lowest BCUT2D eigenvalue weighted by Gasteiger charge is -2.38. The fourth-order valence-electron chi connectivity index (χ4n) is 2.87. The van der Waals surface area contributed by atoms with Crippen molar-refractivity contribution in [3.05, 3.63) is 43.1 Å². The van der Waals surface area contributed by atoms with Crippen molar-refractivity contribution in [3.63, 3.8) is 0 Å². The number of nitrogens with zero attached hydrogens (tertiary/aromatic N) is 5. The van der Waals surface area contributed by atoms with Crippen LogP contribution in [0.3, 0.4) is 0 Å². The van der Waals surface area contributed by atoms with E-state index in [0.717, 1.165) is 31.7 Å². The summed E-state index contributed by atoms with van der Waals surface area (Å²) in [7, 11) is 1.89. The van der Waals surface area contributed by atoms with Crippen LogP contribution >= 0.6 is 0 Å². The maximum absolute atomic E-state index is 12.4. The minimum atomic E-state index is 0.117. The maximum atomic E-state index is 12.4. The third kappa shape index (κ3) is 3.27. The van der Waals surface area contributed by atoms with Gasteiger partial charge in [-0.2, -0.15) is 0 Å². The highest BCUT2D eigenvalue weighted by atomic mass is 16.2. The Labute approximate surface area is 130 Å². The molecule has 1 aliphatic heterocycles. The summed E-state index contributed by atoms with van der Waals surface area (Å²) in [4.78, 5) is 24.9. The average Bonchev–Trinajstić information content (AvgIpc) is 3.08. The number of imidazole rings is 1. The van der Waals surface area contributed by atoms with E-state index in [9.17, 15) is 4.79 Å². The first kappa shape index (κ1) is 14.6. The highest BCUT2D eigenvalue weighted by molar-refractivity contribution is 5.76. The van der Waals surface area contributed by atoms with Crippen LogP contribution in [0.1, 0.15) is 12.8 Å². The number of hydrogen-bond acceptors (Lipinski definition) is 4. The molecule has 3 heterocycles. The van der Waals surface area contributed by atoms with Crippen molar-refractivity contribution in [2.45, 2.75) is 25.4 Å². The number of carbonyl (C=O) groups excluding carboxylic acids is 1. The molecule has 1 atom stereocenters. The molecule has 0 aliphatic carbocycles. The lowest BCUT2D eigenvalue weighted by atomic mass is 10.0. The van der Waals surface area contributed by atoms with Gasteiger partial charge in [-0.25, -0.2) is 9.97 Å². The molecule has 0 saturated carbocycles. The van der Waals surface area contributed by atoms with Crippen LogP contribution in [0.5, 0.6) is 0 Å². The smallest absolute Gasteiger partial charge is 0.242 e. The Hall–Kier alpha value is -2.37. The maximum Gasteiger partial charge on any atom is 0.242 e. The molecule has 1 saturated heterocycles. The van der Waals surface area contributed by atoms with E-state index in [1.54, 1.807) is 17.1 Å². The molecule has 1 fully saturated rings. The summed E-state index contributed by atoms with van der Waals surface area (Å²) in [6.07, 6.45) is 9.10. The van der Waals surface area contributed by atoms with Crippen molar-refractivity contribution in [2.24, 2.45) is 0 Å². The van der Waals surface area contributed by atoms with Gasteiger partial charge in [-0.15, -0.1) is 0 Å². The Kier molecular flexibility index (Phi) is 4.37. The van der Waals surface area contributed by atoms with E-state index in [0.29, 0.717) is 6.54 Å². The Morgan fingerprint density at radius 1 is 1.41 bits per heavy atom. The van der Waals surface area contributed by atoms with Gasteiger partial charge in [0.15, 0.2) is 0 Å². The normalized spacial score (nSPS) is 18.2. The quantitative estimate of drug-likeness (QED) is 0.856. The summed E-state index contributed by atoms with van der Waals surface area (Å²) in [5.74, 6) is 1.11. The van der Waals surface area contributed by atoms with Gasteiger partial charge in [0.05, 0.1) is 6.33 Å². The number of anilines is 1. The molecule has 1 amide bonds. The lowest BCUT2D eigenvalue weighted by molar-refractivity contribution is -0.132. The Morgan fingerprint density at radius 2 is 2.32 bits per heavy atom. The van der Waals surface area contributed by atoms with Crippen molar-refractivity contribution in [1.29, 1.82) is 0 Å². The number of rotatable bonds is 4. The van der Waals surface area contributed by atoms with Gasteiger partial charge in [0, 0.05) is 44.8 Å². The molecular weight excluding hydrogens is 278 g/mol. The predicted molar refractivity (Wildman–Crippen MR) is 84.5 cm³/mol. The van der Waals surface area contributed by atoms with Gasteiger partial charge in [0.25, 0.3) is 0 Å². The molecule has 3 rings (SSSR count). The van der Waals surface area contributed by atoms with Gasteiger partial charge in [0.2, 0.25) is 5.91 Å². The van der Waals surface area contributed by atoms with Crippen LogP contribution in [0, 0.1) is 0 Å². The average molecular weight is 299 g/mol. The molecule has 0 bridgehead atoms. The number of hydrogen-bond donors (Lipinski definition) is 0. The molecule has 116 valence electrons. The van der Waals surface area contributed by atoms with Crippen LogP contribution in [-0.4, -0.2) is 51.5 Å². The molecule has 6 nitrogen and oxygen atoms in total. The van der Waals surface area contributed by atoms with Crippen LogP contribution in [-0.2, 0) is 11.3 Å². The molecule has 0 unspecified atom stereocenters. The van der Waals surface area contributed by atoms with Crippen molar-refractivity contribution in [1.82, 2.24) is 19.4 Å². The van der Waals surface area contributed by atoms with Gasteiger partial charge in [-0.05, 0) is 25.0 Å². The fraction of sp³-hybridized carbons (Fsp3) is 0.438. The van der Waals surface area contributed by atoms with Gasteiger partial charge >= 0.3 is 0 Å². The first-order chi connectivity index (χ1) is 10.7. The van der Waals surface area contributed by atoms with E-state index >= 15 is 0 Å². The Morgan fingerprint density at radius 3 is 3.05 bits per heavy atom. The minimum absolute atomic E-state index is 0.117. The molecular formula is C16H21N5O. The molecule has 0 spiro atoms. The molecule has 2 aromatic rings. The van der Waals surface area contributed by atoms with Gasteiger partial charge in [0.1, 0.15) is 12.4 Å². The largest absolute Gasteiger partial charge is 0.355 e. The SMILES string of the molecule is CN(C(=O)Cn1ccnc1)[C@@H]1CCCN(c2ccccn2)C1. The summed E-state index contributed by atoms with van der Waals surface area (Å²) in [5, 5.41) is 0. The first-order valence-corrected chi connectivity index (χ1v) is 7.61. The molecule has 22 heavy (non-hydrogen) atoms. The molecule has 0 aromatic carbocycles. The van der Waals surface area contributed by atoms with Crippen molar-refractivity contribution >= 4 is 11.7 Å². The molecule has 1 aliphatic rings. The van der Waals surface area contributed by atoms with Crippen LogP contribution in [0.2, 0.25) is 0 Å². The molecule has 2 aromatic heterocycles. The molecule has 0 N–H and O–H groups in total. The van der Waals surface area contributed by atoms with E-state index in [4.69, 9.17) is 0 Å². The second-order valence-electron chi connectivity index (χ2n) is 5.67. The highest BCUT2D eigenvalue weighted by Gasteiger charge is 2.26. The Bertz CT molecular complexity index is 598. The fourth-order valence-corrected chi connectivity index (χ4v) is 2.87. The van der Waals surface area contributed by atoms with E-state index in [1.807, 2.05) is 42.5 Å². The van der Waals surface area contributed by atoms with E-state index in [-0.39, 0.29) is 11.9 Å². The third-order valence-electron chi connectivity index (χ3n) is 4.19. The lowest BCUT2D eigenvalue weighted by Crippen LogP contribution is -2.49. The number of carbonyl (C=O) groups is 1. The second-order valence-corrected chi connectivity index (χ2v) is 5.67. The zero-order chi connectivity index (χ0) is 15.4. The zero-order valence-corrected chi connectivity index (χ0v) is 12.8. The van der Waals surface area contributed by atoms with Crippen LogP contribution in [0.4, 0.5) is 5.82 Å². The number of amides is 1. The summed E-state index contributed by atoms with van der Waals surface area (Å²) in [6.45, 7) is 2.18. The Balaban J connectivity index is 1.62. The van der Waals surface area contributed by atoms with E-state index in [2.05, 4.69) is 14.9 Å². The van der Waals surface area contributed by atoms with Gasteiger partial charge in [-0.3, -0.25) is 4.79 Å². The summed E-state index contributed by atoms with van der Waals surface area (Å²) >= 11 is 0. The van der Waals surface area contributed by atoms with Crippen LogP contribution in [0.25, 0.3) is 0 Å². The molecule has 0 radical (unpaired) electrons. The number of likely N-dealkylation sites (N-methyl/N-ethyl adjacent to an activating group) is 1. The van der Waals surface area contributed by atoms with E-state index < -0.39 is 0 Å². The predicted octanol–water partition coefficient (Wildman–Crippen LogP) is 1.41. The monoisotopic (exact) mass is 299 g/mol. The van der Waals surface area contributed by atoms with Crippen molar-refractivity contribution in [3.8, 4) is 0 Å². The first-order valence-electron chi connectivity index (χ1n) is 7.61. The number of aromatic nitrogens is 3. The van der Waals surface area contributed by atoms with Crippen molar-refractivity contribution < 1.29 is 4.79 Å². The zero-order valence-electron chi connectivity index (χ0n) is 12.8. The number of piperidine rings is 1. The van der Waals surface area contributed by atoms with Gasteiger partial charge in [-0.1, -0.05) is 6.07 Å². The third-order valence-corrected chi connectivity index (χ3v) is 4.19. The highest BCUT2D eigenvalue weighted by Crippen LogP contribution is 2.20. The van der Waals surface area contributed by atoms with Crippen LogP contribution in [0.15, 0.2) is 43.1 Å². The summed E-state index contributed by atoms with van der Waals surface area (Å²) in [6, 6.07) is 6.17. The number of pyridine rings is 1. The summed E-state index contributed by atoms with van der Waals surface area (Å²) in [5.41, 5.74) is 0. The topological polar surface area (TPSA) is 54.3 Å². The minimum Gasteiger partial charge on any atom is -0.355 e. The summed E-state index contributed by atoms with van der Waals surface area (Å²) < 4.78 is 1.80. The van der Waals surface area contributed by atoms with E-state index in [1.165, 1.54) is 0 Å². The van der Waals surface area contributed by atoms with Gasteiger partial charge < -0.3 is 14.4 Å².